The number of hydrogen-bond acceptors (Lipinski definition) is 7. The molecule has 1 N–H and O–H groups in total. The molecule has 5 rings (SSSR count). The van der Waals surface area contributed by atoms with E-state index >= 15 is 0 Å². The second-order valence-electron chi connectivity index (χ2n) is 8.21. The lowest BCUT2D eigenvalue weighted by molar-refractivity contribution is -0.139. The summed E-state index contributed by atoms with van der Waals surface area (Å²) in [4.78, 5) is 35.3. The summed E-state index contributed by atoms with van der Waals surface area (Å²) in [6.45, 7) is 3.71. The molecule has 0 saturated carbocycles. The monoisotopic (exact) mass is 503 g/mol. The van der Waals surface area contributed by atoms with Gasteiger partial charge in [-0.3, -0.25) is 9.36 Å². The predicted molar refractivity (Wildman–Crippen MR) is 138 cm³/mol. The maximum atomic E-state index is 13.8. The lowest BCUT2D eigenvalue weighted by atomic mass is 9.95. The number of ether oxygens (including phenoxy) is 3. The van der Waals surface area contributed by atoms with E-state index in [9.17, 15) is 9.59 Å². The van der Waals surface area contributed by atoms with E-state index < -0.39 is 12.0 Å². The van der Waals surface area contributed by atoms with Crippen molar-refractivity contribution in [3.05, 3.63) is 90.7 Å². The summed E-state index contributed by atoms with van der Waals surface area (Å²) in [5, 5.41) is 1.02. The van der Waals surface area contributed by atoms with Gasteiger partial charge in [-0.1, -0.05) is 35.6 Å². The zero-order valence-electron chi connectivity index (χ0n) is 20.3. The van der Waals surface area contributed by atoms with Crippen molar-refractivity contribution < 1.29 is 19.0 Å². The van der Waals surface area contributed by atoms with Crippen LogP contribution in [-0.4, -0.2) is 36.3 Å². The Kier molecular flexibility index (Phi) is 6.24. The van der Waals surface area contributed by atoms with Crippen LogP contribution in [0, 0.1) is 0 Å². The summed E-state index contributed by atoms with van der Waals surface area (Å²) in [6.07, 6.45) is 3.74. The Hall–Kier alpha value is -4.11. The van der Waals surface area contributed by atoms with Crippen LogP contribution in [0.25, 0.3) is 17.0 Å². The van der Waals surface area contributed by atoms with Crippen molar-refractivity contribution in [2.24, 2.45) is 4.99 Å². The number of para-hydroxylation sites is 1. The Morgan fingerprint density at radius 2 is 1.94 bits per heavy atom. The quantitative estimate of drug-likeness (QED) is 0.408. The molecule has 0 radical (unpaired) electrons. The predicted octanol–water partition coefficient (Wildman–Crippen LogP) is 3.30. The first-order valence-electron chi connectivity index (χ1n) is 11.4. The number of allylic oxidation sites excluding steroid dienone is 1. The van der Waals surface area contributed by atoms with Crippen LogP contribution < -0.4 is 24.4 Å². The first-order chi connectivity index (χ1) is 17.5. The third-order valence-electron chi connectivity index (χ3n) is 6.15. The lowest BCUT2D eigenvalue weighted by Gasteiger charge is -2.25. The molecule has 2 aromatic carbocycles. The Morgan fingerprint density at radius 3 is 2.69 bits per heavy atom. The number of carbonyl (C=O) groups excluding carboxylic acids is 1. The maximum Gasteiger partial charge on any atom is 0.338 e. The number of thiazole rings is 1. The molecule has 9 heteroatoms. The van der Waals surface area contributed by atoms with Crippen molar-refractivity contribution in [2.45, 2.75) is 19.9 Å². The highest BCUT2D eigenvalue weighted by Gasteiger charge is 2.34. The molecule has 0 spiro atoms. The highest BCUT2D eigenvalue weighted by atomic mass is 32.1. The third kappa shape index (κ3) is 3.91. The van der Waals surface area contributed by atoms with Gasteiger partial charge >= 0.3 is 5.97 Å². The molecule has 8 nitrogen and oxygen atoms in total. The average Bonchev–Trinajstić information content (AvgIpc) is 3.43. The highest BCUT2D eigenvalue weighted by molar-refractivity contribution is 7.07. The van der Waals surface area contributed by atoms with E-state index in [1.54, 1.807) is 44.8 Å². The standard InChI is InChI=1S/C27H25N3O5S/c1-5-35-26(32)23-15(2)29-27-30(24(23)16-10-11-20(33-3)21(12-16)34-4)25(31)22(36-27)13-17-14-28-19-9-7-6-8-18(17)19/h6-14,24,28H,5H2,1-4H3/b22-13-/t24-/m0/s1. The van der Waals surface area contributed by atoms with Gasteiger partial charge < -0.3 is 19.2 Å². The van der Waals surface area contributed by atoms with Gasteiger partial charge in [-0.15, -0.1) is 0 Å². The van der Waals surface area contributed by atoms with E-state index in [1.165, 1.54) is 11.3 Å². The van der Waals surface area contributed by atoms with Crippen molar-refractivity contribution in [3.8, 4) is 11.5 Å². The van der Waals surface area contributed by atoms with Crippen molar-refractivity contribution >= 4 is 34.3 Å². The van der Waals surface area contributed by atoms with Gasteiger partial charge in [-0.05, 0) is 43.7 Å². The minimum Gasteiger partial charge on any atom is -0.493 e. The number of nitrogens with zero attached hydrogens (tertiary/aromatic N) is 2. The fourth-order valence-electron chi connectivity index (χ4n) is 4.48. The molecule has 184 valence electrons. The summed E-state index contributed by atoms with van der Waals surface area (Å²) >= 11 is 1.29. The summed E-state index contributed by atoms with van der Waals surface area (Å²) in [6, 6.07) is 12.5. The molecule has 0 amide bonds. The number of benzene rings is 2. The lowest BCUT2D eigenvalue weighted by Crippen LogP contribution is -2.39. The second kappa shape index (κ2) is 9.50. The van der Waals surface area contributed by atoms with E-state index in [1.807, 2.05) is 42.6 Å². The van der Waals surface area contributed by atoms with Crippen LogP contribution in [0.15, 0.2) is 69.7 Å². The zero-order valence-corrected chi connectivity index (χ0v) is 21.1. The summed E-state index contributed by atoms with van der Waals surface area (Å²) in [5.74, 6) is 0.532. The molecular weight excluding hydrogens is 478 g/mol. The number of nitrogens with one attached hydrogen (secondary N) is 1. The molecule has 3 heterocycles. The molecule has 0 aliphatic carbocycles. The van der Waals surface area contributed by atoms with Crippen molar-refractivity contribution in [1.82, 2.24) is 9.55 Å². The molecule has 0 unspecified atom stereocenters. The minimum atomic E-state index is -0.731. The molecule has 1 aliphatic rings. The number of aromatic nitrogens is 2. The molecule has 1 atom stereocenters. The van der Waals surface area contributed by atoms with Gasteiger partial charge in [0, 0.05) is 22.7 Å². The minimum absolute atomic E-state index is 0.208. The number of methoxy groups -OCH3 is 2. The van der Waals surface area contributed by atoms with E-state index in [0.717, 1.165) is 16.5 Å². The molecule has 1 aliphatic heterocycles. The molecule has 0 bridgehead atoms. The van der Waals surface area contributed by atoms with Crippen LogP contribution >= 0.6 is 11.3 Å². The molecule has 0 saturated heterocycles. The summed E-state index contributed by atoms with van der Waals surface area (Å²) in [5.41, 5.74) is 3.16. The number of fused-ring (bicyclic) bond motifs is 2. The maximum absolute atomic E-state index is 13.8. The van der Waals surface area contributed by atoms with Gasteiger partial charge in [0.25, 0.3) is 5.56 Å². The SMILES string of the molecule is CCOC(=O)C1=C(C)N=c2s/c(=C\c3c[nH]c4ccccc34)c(=O)n2[C@H]1c1ccc(OC)c(OC)c1. The first kappa shape index (κ1) is 23.6. The Bertz CT molecular complexity index is 1690. The zero-order chi connectivity index (χ0) is 25.4. The third-order valence-corrected chi connectivity index (χ3v) is 7.13. The number of carbonyl (C=O) groups is 1. The van der Waals surface area contributed by atoms with Gasteiger partial charge in [-0.2, -0.15) is 0 Å². The van der Waals surface area contributed by atoms with Crippen LogP contribution in [0.5, 0.6) is 11.5 Å². The number of aromatic amines is 1. The fourth-order valence-corrected chi connectivity index (χ4v) is 5.52. The van der Waals surface area contributed by atoms with Crippen LogP contribution in [0.4, 0.5) is 0 Å². The van der Waals surface area contributed by atoms with E-state index in [2.05, 4.69) is 9.98 Å². The van der Waals surface area contributed by atoms with Crippen LogP contribution in [0.1, 0.15) is 31.0 Å². The smallest absolute Gasteiger partial charge is 0.338 e. The number of hydrogen-bond donors (Lipinski definition) is 1. The van der Waals surface area contributed by atoms with Crippen molar-refractivity contribution in [2.75, 3.05) is 20.8 Å². The van der Waals surface area contributed by atoms with Gasteiger partial charge in [0.15, 0.2) is 16.3 Å². The van der Waals surface area contributed by atoms with Crippen LogP contribution in [-0.2, 0) is 9.53 Å². The van der Waals surface area contributed by atoms with Gasteiger partial charge in [0.2, 0.25) is 0 Å². The summed E-state index contributed by atoms with van der Waals surface area (Å²) < 4.78 is 18.3. The first-order valence-corrected chi connectivity index (χ1v) is 12.3. The fraction of sp³-hybridized carbons (Fsp3) is 0.222. The molecule has 36 heavy (non-hydrogen) atoms. The van der Waals surface area contributed by atoms with Gasteiger partial charge in [0.05, 0.1) is 42.7 Å². The number of esters is 1. The normalized spacial score (nSPS) is 15.6. The largest absolute Gasteiger partial charge is 0.493 e. The van der Waals surface area contributed by atoms with E-state index in [0.29, 0.717) is 37.7 Å². The van der Waals surface area contributed by atoms with Gasteiger partial charge in [0.1, 0.15) is 0 Å². The summed E-state index contributed by atoms with van der Waals surface area (Å²) in [7, 11) is 3.10. The van der Waals surface area contributed by atoms with Crippen LogP contribution in [0.3, 0.4) is 0 Å². The number of rotatable bonds is 6. The Morgan fingerprint density at radius 1 is 1.17 bits per heavy atom. The van der Waals surface area contributed by atoms with E-state index in [4.69, 9.17) is 14.2 Å². The second-order valence-corrected chi connectivity index (χ2v) is 9.22. The van der Waals surface area contributed by atoms with E-state index in [-0.39, 0.29) is 12.2 Å². The highest BCUT2D eigenvalue weighted by Crippen LogP contribution is 2.36. The van der Waals surface area contributed by atoms with Crippen LogP contribution in [0.2, 0.25) is 0 Å². The topological polar surface area (TPSA) is 94.9 Å². The van der Waals surface area contributed by atoms with Crippen molar-refractivity contribution in [3.63, 3.8) is 0 Å². The Balaban J connectivity index is 1.75. The number of H-pyrrole nitrogens is 1. The van der Waals surface area contributed by atoms with Crippen molar-refractivity contribution in [1.29, 1.82) is 0 Å². The molecule has 0 fully saturated rings. The molecular formula is C27H25N3O5S. The Labute approximate surface area is 210 Å². The van der Waals surface area contributed by atoms with Gasteiger partial charge in [-0.25, -0.2) is 9.79 Å². The molecule has 2 aromatic heterocycles. The molecule has 4 aromatic rings. The average molecular weight is 504 g/mol.